The van der Waals surface area contributed by atoms with Crippen LogP contribution in [0.4, 0.5) is 4.39 Å². The molecule has 0 aliphatic rings. The van der Waals surface area contributed by atoms with E-state index >= 15 is 0 Å². The van der Waals surface area contributed by atoms with Crippen molar-refractivity contribution in [1.29, 1.82) is 0 Å². The molecule has 0 amide bonds. The zero-order valence-corrected chi connectivity index (χ0v) is 10.0. The van der Waals surface area contributed by atoms with Crippen LogP contribution in [0.3, 0.4) is 0 Å². The van der Waals surface area contributed by atoms with Gasteiger partial charge in [0, 0.05) is 11.8 Å². The Labute approximate surface area is 104 Å². The minimum Gasteiger partial charge on any atom is -0.436 e. The van der Waals surface area contributed by atoms with E-state index < -0.39 is 5.82 Å². The fourth-order valence-corrected chi connectivity index (χ4v) is 1.63. The number of aromatic nitrogens is 1. The van der Waals surface area contributed by atoms with Gasteiger partial charge in [0.1, 0.15) is 5.75 Å². The van der Waals surface area contributed by atoms with Crippen molar-refractivity contribution in [2.45, 2.75) is 12.8 Å². The van der Waals surface area contributed by atoms with Gasteiger partial charge in [-0.3, -0.25) is 0 Å². The highest BCUT2D eigenvalue weighted by Crippen LogP contribution is 2.25. The van der Waals surface area contributed by atoms with E-state index in [1.54, 1.807) is 6.07 Å². The normalized spacial score (nSPS) is 10.3. The molecule has 0 bridgehead atoms. The molecule has 1 aromatic heterocycles. The van der Waals surface area contributed by atoms with Gasteiger partial charge in [-0.05, 0) is 30.7 Å². The van der Waals surface area contributed by atoms with Crippen LogP contribution in [0.5, 0.6) is 11.6 Å². The summed E-state index contributed by atoms with van der Waals surface area (Å²) in [5.41, 5.74) is 1.42. The molecule has 1 aromatic carbocycles. The predicted octanol–water partition coefficient (Wildman–Crippen LogP) is 4.06. The van der Waals surface area contributed by atoms with Crippen LogP contribution in [0, 0.1) is 12.7 Å². The Morgan fingerprint density at radius 2 is 2.18 bits per heavy atom. The Kier molecular flexibility index (Phi) is 3.59. The number of ether oxygens (including phenoxy) is 1. The first kappa shape index (κ1) is 11.9. The van der Waals surface area contributed by atoms with E-state index in [0.29, 0.717) is 11.3 Å². The van der Waals surface area contributed by atoms with Crippen molar-refractivity contribution in [1.82, 2.24) is 4.98 Å². The quantitative estimate of drug-likeness (QED) is 0.768. The van der Waals surface area contributed by atoms with E-state index in [4.69, 9.17) is 16.3 Å². The van der Waals surface area contributed by atoms with E-state index in [-0.39, 0.29) is 11.8 Å². The molecule has 0 saturated carbocycles. The summed E-state index contributed by atoms with van der Waals surface area (Å²) in [6.07, 6.45) is 1.48. The van der Waals surface area contributed by atoms with Gasteiger partial charge in [-0.1, -0.05) is 12.1 Å². The van der Waals surface area contributed by atoms with Gasteiger partial charge in [0.05, 0.1) is 5.88 Å². The summed E-state index contributed by atoms with van der Waals surface area (Å²) in [7, 11) is 0. The standard InChI is InChI=1S/C13H11ClFNO/c1-9-3-2-4-11(7-9)17-13-12(15)10(8-14)5-6-16-13/h2-7H,8H2,1H3. The zero-order chi connectivity index (χ0) is 12.3. The maximum Gasteiger partial charge on any atom is 0.256 e. The molecule has 0 radical (unpaired) electrons. The lowest BCUT2D eigenvalue weighted by Crippen LogP contribution is -1.95. The molecular weight excluding hydrogens is 241 g/mol. The molecule has 2 rings (SSSR count). The van der Waals surface area contributed by atoms with Crippen LogP contribution in [0.1, 0.15) is 11.1 Å². The second-order valence-electron chi connectivity index (χ2n) is 3.64. The van der Waals surface area contributed by atoms with Crippen molar-refractivity contribution in [2.24, 2.45) is 0 Å². The summed E-state index contributed by atoms with van der Waals surface area (Å²) in [6.45, 7) is 1.94. The average molecular weight is 252 g/mol. The van der Waals surface area contributed by atoms with Crippen molar-refractivity contribution in [3.05, 3.63) is 53.5 Å². The number of pyridine rings is 1. The van der Waals surface area contributed by atoms with E-state index in [1.165, 1.54) is 12.3 Å². The molecule has 88 valence electrons. The minimum absolute atomic E-state index is 0.0475. The number of alkyl halides is 1. The predicted molar refractivity (Wildman–Crippen MR) is 65.0 cm³/mol. The van der Waals surface area contributed by atoms with E-state index in [1.807, 2.05) is 25.1 Å². The zero-order valence-electron chi connectivity index (χ0n) is 9.28. The lowest BCUT2D eigenvalue weighted by Gasteiger charge is -2.07. The topological polar surface area (TPSA) is 22.1 Å². The molecule has 0 aliphatic heterocycles. The van der Waals surface area contributed by atoms with Gasteiger partial charge in [-0.15, -0.1) is 11.6 Å². The summed E-state index contributed by atoms with van der Waals surface area (Å²) in [6, 6.07) is 8.88. The van der Waals surface area contributed by atoms with Gasteiger partial charge in [-0.25, -0.2) is 9.37 Å². The number of hydrogen-bond acceptors (Lipinski definition) is 2. The molecule has 2 aromatic rings. The van der Waals surface area contributed by atoms with Crippen molar-refractivity contribution < 1.29 is 9.13 Å². The number of nitrogens with zero attached hydrogens (tertiary/aromatic N) is 1. The molecule has 4 heteroatoms. The summed E-state index contributed by atoms with van der Waals surface area (Å²) in [5, 5.41) is 0. The fourth-order valence-electron chi connectivity index (χ4n) is 1.43. The molecule has 0 fully saturated rings. The Morgan fingerprint density at radius 3 is 2.88 bits per heavy atom. The van der Waals surface area contributed by atoms with E-state index in [2.05, 4.69) is 4.98 Å². The summed E-state index contributed by atoms with van der Waals surface area (Å²) in [5.74, 6) is 0.0966. The maximum atomic E-state index is 13.8. The van der Waals surface area contributed by atoms with Crippen molar-refractivity contribution >= 4 is 11.6 Å². The molecular formula is C13H11ClFNO. The average Bonchev–Trinajstić information content (AvgIpc) is 2.32. The molecule has 0 saturated heterocycles. The molecule has 0 aliphatic carbocycles. The van der Waals surface area contributed by atoms with Crippen LogP contribution in [-0.4, -0.2) is 4.98 Å². The second-order valence-corrected chi connectivity index (χ2v) is 3.91. The third-order valence-corrected chi connectivity index (χ3v) is 2.57. The first-order valence-electron chi connectivity index (χ1n) is 5.14. The van der Waals surface area contributed by atoms with Crippen molar-refractivity contribution in [3.63, 3.8) is 0 Å². The summed E-state index contributed by atoms with van der Waals surface area (Å²) in [4.78, 5) is 3.86. The smallest absolute Gasteiger partial charge is 0.256 e. The van der Waals surface area contributed by atoms with Gasteiger partial charge in [0.25, 0.3) is 5.88 Å². The monoisotopic (exact) mass is 251 g/mol. The third-order valence-electron chi connectivity index (χ3n) is 2.29. The molecule has 17 heavy (non-hydrogen) atoms. The largest absolute Gasteiger partial charge is 0.436 e. The van der Waals surface area contributed by atoms with Crippen LogP contribution in [0.15, 0.2) is 36.5 Å². The highest BCUT2D eigenvalue weighted by atomic mass is 35.5. The number of halogens is 2. The summed E-state index contributed by atoms with van der Waals surface area (Å²) >= 11 is 5.61. The van der Waals surface area contributed by atoms with Crippen molar-refractivity contribution in [3.8, 4) is 11.6 Å². The number of benzene rings is 1. The van der Waals surface area contributed by atoms with E-state index in [9.17, 15) is 4.39 Å². The molecule has 2 nitrogen and oxygen atoms in total. The van der Waals surface area contributed by atoms with Gasteiger partial charge in [0.2, 0.25) is 0 Å². The molecule has 0 unspecified atom stereocenters. The Bertz CT molecular complexity index is 531. The van der Waals surface area contributed by atoms with E-state index in [0.717, 1.165) is 5.56 Å². The van der Waals surface area contributed by atoms with Gasteiger partial charge < -0.3 is 4.74 Å². The Balaban J connectivity index is 2.30. The van der Waals surface area contributed by atoms with Crippen LogP contribution in [0.25, 0.3) is 0 Å². The fraction of sp³-hybridized carbons (Fsp3) is 0.154. The molecule has 1 heterocycles. The summed E-state index contributed by atoms with van der Waals surface area (Å²) < 4.78 is 19.2. The first-order valence-corrected chi connectivity index (χ1v) is 5.68. The van der Waals surface area contributed by atoms with Gasteiger partial charge in [-0.2, -0.15) is 0 Å². The van der Waals surface area contributed by atoms with Crippen LogP contribution < -0.4 is 4.74 Å². The molecule has 0 spiro atoms. The number of aryl methyl sites for hydroxylation is 1. The Hall–Kier alpha value is -1.61. The van der Waals surface area contributed by atoms with Crippen LogP contribution in [0.2, 0.25) is 0 Å². The second kappa shape index (κ2) is 5.15. The molecule has 0 N–H and O–H groups in total. The van der Waals surface area contributed by atoms with Crippen molar-refractivity contribution in [2.75, 3.05) is 0 Å². The van der Waals surface area contributed by atoms with Gasteiger partial charge >= 0.3 is 0 Å². The SMILES string of the molecule is Cc1cccc(Oc2nccc(CCl)c2F)c1. The number of rotatable bonds is 3. The third kappa shape index (κ3) is 2.74. The molecule has 0 atom stereocenters. The minimum atomic E-state index is -0.510. The maximum absolute atomic E-state index is 13.8. The lowest BCUT2D eigenvalue weighted by atomic mass is 10.2. The highest BCUT2D eigenvalue weighted by molar-refractivity contribution is 6.17. The van der Waals surface area contributed by atoms with Crippen LogP contribution >= 0.6 is 11.6 Å². The Morgan fingerprint density at radius 1 is 1.35 bits per heavy atom. The highest BCUT2D eigenvalue weighted by Gasteiger charge is 2.10. The lowest BCUT2D eigenvalue weighted by molar-refractivity contribution is 0.420. The first-order chi connectivity index (χ1) is 8.20. The van der Waals surface area contributed by atoms with Gasteiger partial charge in [0.15, 0.2) is 5.82 Å². The van der Waals surface area contributed by atoms with Crippen LogP contribution in [-0.2, 0) is 5.88 Å². The number of hydrogen-bond donors (Lipinski definition) is 0.